The van der Waals surface area contributed by atoms with Crippen molar-refractivity contribution < 1.29 is 4.74 Å². The Morgan fingerprint density at radius 1 is 1.14 bits per heavy atom. The molecular weight excluding hydrogens is 344 g/mol. The monoisotopic (exact) mass is 362 g/mol. The van der Waals surface area contributed by atoms with Gasteiger partial charge in [-0.15, -0.1) is 0 Å². The van der Waals surface area contributed by atoms with Gasteiger partial charge in [-0.2, -0.15) is 4.98 Å². The predicted molar refractivity (Wildman–Crippen MR) is 92.0 cm³/mol. The molecular formula is C16H19BrN4O. The maximum Gasteiger partial charge on any atom is 0.229 e. The van der Waals surface area contributed by atoms with E-state index in [9.17, 15) is 0 Å². The van der Waals surface area contributed by atoms with Gasteiger partial charge in [-0.05, 0) is 53.0 Å². The van der Waals surface area contributed by atoms with Crippen LogP contribution in [0.4, 0.5) is 17.5 Å². The van der Waals surface area contributed by atoms with E-state index < -0.39 is 0 Å². The van der Waals surface area contributed by atoms with Gasteiger partial charge >= 0.3 is 0 Å². The largest absolute Gasteiger partial charge is 0.378 e. The van der Waals surface area contributed by atoms with Crippen molar-refractivity contribution in [3.8, 4) is 0 Å². The summed E-state index contributed by atoms with van der Waals surface area (Å²) in [5.74, 6) is 1.51. The summed E-state index contributed by atoms with van der Waals surface area (Å²) < 4.78 is 6.30. The first-order chi connectivity index (χ1) is 10.6. The lowest BCUT2D eigenvalue weighted by Gasteiger charge is -2.28. The van der Waals surface area contributed by atoms with Crippen molar-refractivity contribution in [2.75, 3.05) is 36.5 Å². The Kier molecular flexibility index (Phi) is 4.59. The Bertz CT molecular complexity index is 651. The van der Waals surface area contributed by atoms with Crippen molar-refractivity contribution in [2.24, 2.45) is 0 Å². The highest BCUT2D eigenvalue weighted by atomic mass is 79.9. The molecule has 0 radical (unpaired) electrons. The average molecular weight is 363 g/mol. The number of hydrogen-bond donors (Lipinski definition) is 1. The highest BCUT2D eigenvalue weighted by Gasteiger charge is 2.16. The summed E-state index contributed by atoms with van der Waals surface area (Å²) in [4.78, 5) is 11.2. The zero-order valence-corrected chi connectivity index (χ0v) is 14.4. The molecule has 0 saturated carbocycles. The molecule has 3 rings (SSSR count). The van der Waals surface area contributed by atoms with Crippen molar-refractivity contribution in [2.45, 2.75) is 13.8 Å². The van der Waals surface area contributed by atoms with Gasteiger partial charge in [-0.25, -0.2) is 4.98 Å². The first-order valence-electron chi connectivity index (χ1n) is 7.32. The Morgan fingerprint density at radius 2 is 1.82 bits per heavy atom. The van der Waals surface area contributed by atoms with Crippen LogP contribution in [0, 0.1) is 13.8 Å². The smallest absolute Gasteiger partial charge is 0.229 e. The van der Waals surface area contributed by atoms with E-state index in [0.717, 1.165) is 42.3 Å². The lowest BCUT2D eigenvalue weighted by atomic mass is 10.1. The molecule has 22 heavy (non-hydrogen) atoms. The third-order valence-electron chi connectivity index (χ3n) is 3.51. The third-order valence-corrected chi connectivity index (χ3v) is 4.07. The standard InChI is InChI=1S/C16H19BrN4O/c1-11-7-12(2)9-13(8-11)19-16-18-10-14(17)15(20-16)21-3-5-22-6-4-21/h7-10H,3-6H2,1-2H3,(H,18,19,20). The van der Waals surface area contributed by atoms with E-state index in [2.05, 4.69) is 68.2 Å². The van der Waals surface area contributed by atoms with Gasteiger partial charge in [0.15, 0.2) is 0 Å². The van der Waals surface area contributed by atoms with E-state index in [1.165, 1.54) is 11.1 Å². The number of ether oxygens (including phenoxy) is 1. The normalized spacial score (nSPS) is 15.0. The molecule has 6 heteroatoms. The van der Waals surface area contributed by atoms with Gasteiger partial charge in [0.1, 0.15) is 5.82 Å². The van der Waals surface area contributed by atoms with E-state index in [4.69, 9.17) is 4.74 Å². The van der Waals surface area contributed by atoms with Crippen LogP contribution < -0.4 is 10.2 Å². The minimum absolute atomic E-state index is 0.606. The van der Waals surface area contributed by atoms with Gasteiger partial charge < -0.3 is 15.0 Å². The van der Waals surface area contributed by atoms with Crippen LogP contribution in [0.25, 0.3) is 0 Å². The van der Waals surface area contributed by atoms with Gasteiger partial charge in [-0.3, -0.25) is 0 Å². The molecule has 0 atom stereocenters. The summed E-state index contributed by atoms with van der Waals surface area (Å²) >= 11 is 3.54. The summed E-state index contributed by atoms with van der Waals surface area (Å²) in [6.07, 6.45) is 1.79. The Balaban J connectivity index is 1.85. The number of aromatic nitrogens is 2. The molecule has 1 aromatic carbocycles. The van der Waals surface area contributed by atoms with E-state index in [0.29, 0.717) is 5.95 Å². The fourth-order valence-electron chi connectivity index (χ4n) is 2.59. The van der Waals surface area contributed by atoms with Crippen molar-refractivity contribution in [3.05, 3.63) is 40.0 Å². The molecule has 1 saturated heterocycles. The second kappa shape index (κ2) is 6.62. The summed E-state index contributed by atoms with van der Waals surface area (Å²) in [7, 11) is 0. The highest BCUT2D eigenvalue weighted by Crippen LogP contribution is 2.26. The summed E-state index contributed by atoms with van der Waals surface area (Å²) in [6, 6.07) is 6.33. The van der Waals surface area contributed by atoms with Crippen molar-refractivity contribution >= 4 is 33.4 Å². The van der Waals surface area contributed by atoms with Crippen LogP contribution in [0.1, 0.15) is 11.1 Å². The lowest BCUT2D eigenvalue weighted by Crippen LogP contribution is -2.37. The van der Waals surface area contributed by atoms with E-state index >= 15 is 0 Å². The van der Waals surface area contributed by atoms with E-state index in [-0.39, 0.29) is 0 Å². The topological polar surface area (TPSA) is 50.3 Å². The molecule has 1 aliphatic heterocycles. The molecule has 0 bridgehead atoms. The van der Waals surface area contributed by atoms with Crippen LogP contribution in [0.15, 0.2) is 28.9 Å². The Morgan fingerprint density at radius 3 is 2.50 bits per heavy atom. The summed E-state index contributed by atoms with van der Waals surface area (Å²) in [6.45, 7) is 7.32. The first-order valence-corrected chi connectivity index (χ1v) is 8.12. The molecule has 5 nitrogen and oxygen atoms in total. The van der Waals surface area contributed by atoms with Crippen molar-refractivity contribution in [3.63, 3.8) is 0 Å². The predicted octanol–water partition coefficient (Wildman–Crippen LogP) is 3.44. The van der Waals surface area contributed by atoms with Crippen molar-refractivity contribution in [1.29, 1.82) is 0 Å². The minimum Gasteiger partial charge on any atom is -0.378 e. The number of halogens is 1. The molecule has 1 fully saturated rings. The number of anilines is 3. The van der Waals surface area contributed by atoms with Gasteiger partial charge in [0.25, 0.3) is 0 Å². The summed E-state index contributed by atoms with van der Waals surface area (Å²) in [5.41, 5.74) is 3.44. The van der Waals surface area contributed by atoms with Crippen molar-refractivity contribution in [1.82, 2.24) is 9.97 Å². The first kappa shape index (κ1) is 15.2. The number of nitrogens with one attached hydrogen (secondary N) is 1. The quantitative estimate of drug-likeness (QED) is 0.906. The van der Waals surface area contributed by atoms with E-state index in [1.807, 2.05) is 0 Å². The summed E-state index contributed by atoms with van der Waals surface area (Å²) in [5, 5.41) is 3.29. The molecule has 0 unspecified atom stereocenters. The number of morpholine rings is 1. The van der Waals surface area contributed by atoms with Crippen LogP contribution in [0.3, 0.4) is 0 Å². The van der Waals surface area contributed by atoms with Crippen LogP contribution in [-0.4, -0.2) is 36.3 Å². The van der Waals surface area contributed by atoms with Gasteiger partial charge in [0.05, 0.1) is 17.7 Å². The number of aryl methyl sites for hydroxylation is 2. The number of rotatable bonds is 3. The minimum atomic E-state index is 0.606. The Labute approximate surface area is 138 Å². The van der Waals surface area contributed by atoms with Crippen LogP contribution in [0.2, 0.25) is 0 Å². The molecule has 2 aromatic rings. The molecule has 1 aromatic heterocycles. The van der Waals surface area contributed by atoms with Gasteiger partial charge in [0.2, 0.25) is 5.95 Å². The van der Waals surface area contributed by atoms with Gasteiger partial charge in [0, 0.05) is 25.0 Å². The zero-order chi connectivity index (χ0) is 15.5. The highest BCUT2D eigenvalue weighted by molar-refractivity contribution is 9.10. The number of hydrogen-bond acceptors (Lipinski definition) is 5. The average Bonchev–Trinajstić information content (AvgIpc) is 2.49. The molecule has 0 aliphatic carbocycles. The molecule has 1 aliphatic rings. The number of nitrogens with zero attached hydrogens (tertiary/aromatic N) is 3. The van der Waals surface area contributed by atoms with Crippen LogP contribution >= 0.6 is 15.9 Å². The molecule has 1 N–H and O–H groups in total. The fourth-order valence-corrected chi connectivity index (χ4v) is 3.03. The molecule has 116 valence electrons. The van der Waals surface area contributed by atoms with Crippen LogP contribution in [-0.2, 0) is 4.74 Å². The Hall–Kier alpha value is -1.66. The maximum atomic E-state index is 5.40. The molecule has 0 amide bonds. The second-order valence-corrected chi connectivity index (χ2v) is 6.32. The lowest BCUT2D eigenvalue weighted by molar-refractivity contribution is 0.122. The fraction of sp³-hybridized carbons (Fsp3) is 0.375. The molecule has 2 heterocycles. The number of benzene rings is 1. The molecule has 0 spiro atoms. The maximum absolute atomic E-state index is 5.40. The van der Waals surface area contributed by atoms with Crippen LogP contribution in [0.5, 0.6) is 0 Å². The zero-order valence-electron chi connectivity index (χ0n) is 12.8. The van der Waals surface area contributed by atoms with Gasteiger partial charge in [-0.1, -0.05) is 6.07 Å². The SMILES string of the molecule is Cc1cc(C)cc(Nc2ncc(Br)c(N3CCOCC3)n2)c1. The second-order valence-electron chi connectivity index (χ2n) is 5.47. The third kappa shape index (κ3) is 3.56. The van der Waals surface area contributed by atoms with E-state index in [1.54, 1.807) is 6.20 Å².